The first kappa shape index (κ1) is 11.1. The van der Waals surface area contributed by atoms with Crippen molar-refractivity contribution in [2.24, 2.45) is 23.7 Å². The number of hydrogen-bond acceptors (Lipinski definition) is 0. The summed E-state index contributed by atoms with van der Waals surface area (Å²) in [6.07, 6.45) is 7.21. The van der Waals surface area contributed by atoms with E-state index in [1.807, 2.05) is 0 Å². The largest absolute Gasteiger partial charge is 0.0654 e. The molecule has 1 saturated carbocycles. The highest BCUT2D eigenvalue weighted by Gasteiger charge is 2.36. The van der Waals surface area contributed by atoms with Gasteiger partial charge < -0.3 is 0 Å². The maximum Gasteiger partial charge on any atom is -0.0360 e. The van der Waals surface area contributed by atoms with Crippen LogP contribution in [0.3, 0.4) is 0 Å². The quantitative estimate of drug-likeness (QED) is 0.567. The van der Waals surface area contributed by atoms with Gasteiger partial charge in [-0.15, -0.1) is 0 Å². The minimum absolute atomic E-state index is 0.960. The second kappa shape index (κ2) is 5.02. The van der Waals surface area contributed by atoms with Gasteiger partial charge >= 0.3 is 0 Å². The van der Waals surface area contributed by atoms with E-state index < -0.39 is 0 Å². The first-order valence-corrected chi connectivity index (χ1v) is 6.15. The Hall–Kier alpha value is 0. The molecule has 0 N–H and O–H groups in total. The molecular weight excluding hydrogens is 156 g/mol. The van der Waals surface area contributed by atoms with Crippen molar-refractivity contribution in [3.63, 3.8) is 0 Å². The van der Waals surface area contributed by atoms with Gasteiger partial charge in [-0.25, -0.2) is 0 Å². The van der Waals surface area contributed by atoms with E-state index in [9.17, 15) is 0 Å². The Bertz CT molecular complexity index is 139. The Balaban J connectivity index is 2.04. The fourth-order valence-electron chi connectivity index (χ4n) is 2.54. The average molecular weight is 182 g/mol. The van der Waals surface area contributed by atoms with Gasteiger partial charge in [0.1, 0.15) is 0 Å². The third-order valence-corrected chi connectivity index (χ3v) is 3.80. The van der Waals surface area contributed by atoms with Crippen LogP contribution in [0.15, 0.2) is 0 Å². The molecule has 0 aromatic heterocycles. The summed E-state index contributed by atoms with van der Waals surface area (Å²) in [5, 5.41) is 0. The van der Waals surface area contributed by atoms with Crippen LogP contribution in [0, 0.1) is 23.7 Å². The van der Waals surface area contributed by atoms with Crippen LogP contribution in [-0.4, -0.2) is 0 Å². The van der Waals surface area contributed by atoms with E-state index in [0.717, 1.165) is 23.7 Å². The van der Waals surface area contributed by atoms with Crippen LogP contribution in [0.4, 0.5) is 0 Å². The molecule has 0 bridgehead atoms. The summed E-state index contributed by atoms with van der Waals surface area (Å²) in [6, 6.07) is 0. The lowest BCUT2D eigenvalue weighted by atomic mass is 9.92. The fourth-order valence-corrected chi connectivity index (χ4v) is 2.54. The Morgan fingerprint density at radius 2 is 1.77 bits per heavy atom. The van der Waals surface area contributed by atoms with E-state index in [4.69, 9.17) is 0 Å². The van der Waals surface area contributed by atoms with E-state index in [-0.39, 0.29) is 0 Å². The van der Waals surface area contributed by atoms with Gasteiger partial charge in [0, 0.05) is 0 Å². The highest BCUT2D eigenvalue weighted by Crippen LogP contribution is 2.45. The Morgan fingerprint density at radius 3 is 2.23 bits per heavy atom. The van der Waals surface area contributed by atoms with Crippen molar-refractivity contribution < 1.29 is 0 Å². The fraction of sp³-hybridized carbons (Fsp3) is 1.00. The van der Waals surface area contributed by atoms with Crippen LogP contribution in [-0.2, 0) is 0 Å². The Morgan fingerprint density at radius 1 is 1.15 bits per heavy atom. The topological polar surface area (TPSA) is 0 Å². The molecule has 1 rings (SSSR count). The van der Waals surface area contributed by atoms with E-state index in [1.165, 1.54) is 32.1 Å². The molecule has 0 radical (unpaired) electrons. The predicted molar refractivity (Wildman–Crippen MR) is 59.7 cm³/mol. The molecule has 0 aliphatic heterocycles. The van der Waals surface area contributed by atoms with Crippen LogP contribution in [0.25, 0.3) is 0 Å². The lowest BCUT2D eigenvalue weighted by Gasteiger charge is -2.14. The third-order valence-electron chi connectivity index (χ3n) is 3.80. The Labute approximate surface area is 84.1 Å². The number of rotatable bonds is 6. The highest BCUT2D eigenvalue weighted by atomic mass is 14.4. The van der Waals surface area contributed by atoms with Crippen LogP contribution in [0.1, 0.15) is 59.8 Å². The molecule has 78 valence electrons. The molecule has 0 saturated heterocycles. The standard InChI is InChI=1S/C13H26/c1-5-6-10(2)7-8-11(3)13-9-12(13)4/h10-13H,5-9H2,1-4H3. The van der Waals surface area contributed by atoms with Crippen molar-refractivity contribution in [2.75, 3.05) is 0 Å². The van der Waals surface area contributed by atoms with Gasteiger partial charge in [0.05, 0.1) is 0 Å². The first-order chi connectivity index (χ1) is 6.15. The molecule has 4 atom stereocenters. The minimum atomic E-state index is 0.960. The van der Waals surface area contributed by atoms with Crippen molar-refractivity contribution in [1.82, 2.24) is 0 Å². The summed E-state index contributed by atoms with van der Waals surface area (Å²) in [7, 11) is 0. The second-order valence-electron chi connectivity index (χ2n) is 5.33. The van der Waals surface area contributed by atoms with Gasteiger partial charge in [0.25, 0.3) is 0 Å². The maximum absolute atomic E-state index is 2.45. The van der Waals surface area contributed by atoms with E-state index in [2.05, 4.69) is 27.7 Å². The summed E-state index contributed by atoms with van der Waals surface area (Å²) in [4.78, 5) is 0. The van der Waals surface area contributed by atoms with Gasteiger partial charge in [-0.1, -0.05) is 53.4 Å². The molecule has 1 fully saturated rings. The highest BCUT2D eigenvalue weighted by molar-refractivity contribution is 4.86. The van der Waals surface area contributed by atoms with Crippen LogP contribution >= 0.6 is 0 Å². The maximum atomic E-state index is 2.45. The molecule has 0 aromatic rings. The van der Waals surface area contributed by atoms with Crippen molar-refractivity contribution >= 4 is 0 Å². The molecule has 0 spiro atoms. The summed E-state index contributed by atoms with van der Waals surface area (Å²) < 4.78 is 0. The molecule has 1 aliphatic carbocycles. The summed E-state index contributed by atoms with van der Waals surface area (Å²) in [5.41, 5.74) is 0. The van der Waals surface area contributed by atoms with E-state index in [1.54, 1.807) is 0 Å². The van der Waals surface area contributed by atoms with Crippen LogP contribution < -0.4 is 0 Å². The zero-order valence-electron chi connectivity index (χ0n) is 9.84. The summed E-state index contributed by atoms with van der Waals surface area (Å²) in [6.45, 7) is 9.55. The lowest BCUT2D eigenvalue weighted by Crippen LogP contribution is -2.02. The minimum Gasteiger partial charge on any atom is -0.0654 e. The molecule has 0 heterocycles. The molecule has 13 heavy (non-hydrogen) atoms. The first-order valence-electron chi connectivity index (χ1n) is 6.15. The summed E-state index contributed by atoms with van der Waals surface area (Å²) >= 11 is 0. The predicted octanol–water partition coefficient (Wildman–Crippen LogP) is 4.49. The van der Waals surface area contributed by atoms with Gasteiger partial charge in [0.15, 0.2) is 0 Å². The zero-order valence-corrected chi connectivity index (χ0v) is 9.84. The van der Waals surface area contributed by atoms with E-state index >= 15 is 0 Å². The molecule has 0 amide bonds. The number of hydrogen-bond donors (Lipinski definition) is 0. The third kappa shape index (κ3) is 3.70. The van der Waals surface area contributed by atoms with Crippen molar-refractivity contribution in [3.8, 4) is 0 Å². The molecule has 4 unspecified atom stereocenters. The molecule has 0 aromatic carbocycles. The SMILES string of the molecule is CCCC(C)CCC(C)C1CC1C. The van der Waals surface area contributed by atoms with Crippen molar-refractivity contribution in [2.45, 2.75) is 59.8 Å². The molecule has 0 nitrogen and oxygen atoms in total. The van der Waals surface area contributed by atoms with Crippen LogP contribution in [0.2, 0.25) is 0 Å². The second-order valence-corrected chi connectivity index (χ2v) is 5.33. The smallest absolute Gasteiger partial charge is 0.0360 e. The van der Waals surface area contributed by atoms with Gasteiger partial charge in [-0.2, -0.15) is 0 Å². The van der Waals surface area contributed by atoms with Crippen molar-refractivity contribution in [1.29, 1.82) is 0 Å². The normalized spacial score (nSPS) is 31.4. The molecule has 0 heteroatoms. The lowest BCUT2D eigenvalue weighted by molar-refractivity contribution is 0.375. The zero-order chi connectivity index (χ0) is 9.84. The van der Waals surface area contributed by atoms with E-state index in [0.29, 0.717) is 0 Å². The van der Waals surface area contributed by atoms with Crippen LogP contribution in [0.5, 0.6) is 0 Å². The monoisotopic (exact) mass is 182 g/mol. The molecular formula is C13H26. The summed E-state index contributed by atoms with van der Waals surface area (Å²) in [5.74, 6) is 4.07. The van der Waals surface area contributed by atoms with Gasteiger partial charge in [0.2, 0.25) is 0 Å². The average Bonchev–Trinajstić information content (AvgIpc) is 2.79. The van der Waals surface area contributed by atoms with Gasteiger partial charge in [-0.3, -0.25) is 0 Å². The van der Waals surface area contributed by atoms with Gasteiger partial charge in [-0.05, 0) is 30.1 Å². The van der Waals surface area contributed by atoms with Crippen molar-refractivity contribution in [3.05, 3.63) is 0 Å². The Kier molecular flexibility index (Phi) is 4.28. The molecule has 1 aliphatic rings.